The summed E-state index contributed by atoms with van der Waals surface area (Å²) in [6.07, 6.45) is 0. The molecule has 0 aromatic carbocycles. The number of rotatable bonds is 1. The first kappa shape index (κ1) is 10.6. The minimum absolute atomic E-state index is 0. The van der Waals surface area contributed by atoms with Gasteiger partial charge in [-0.15, -0.1) is 0 Å². The Morgan fingerprint density at radius 2 is 1.29 bits per heavy atom. The third-order valence-corrected chi connectivity index (χ3v) is 0.548. The van der Waals surface area contributed by atoms with Crippen molar-refractivity contribution in [3.63, 3.8) is 0 Å². The van der Waals surface area contributed by atoms with Crippen molar-refractivity contribution in [2.75, 3.05) is 28.3 Å². The van der Waals surface area contributed by atoms with Crippen LogP contribution in [0.2, 0.25) is 0 Å². The van der Waals surface area contributed by atoms with Crippen LogP contribution in [0.4, 0.5) is 0 Å². The molecule has 0 saturated carbocycles. The van der Waals surface area contributed by atoms with Gasteiger partial charge in [0.25, 0.3) is 0 Å². The Kier molecular flexibility index (Phi) is 5.49. The number of halogens is 1. The fourth-order valence-corrected chi connectivity index (χ4v) is 0. The summed E-state index contributed by atoms with van der Waals surface area (Å²) in [5.41, 5.74) is 0. The zero-order chi connectivity index (χ0) is 5.21. The van der Waals surface area contributed by atoms with Crippen LogP contribution in [0.1, 0.15) is 0 Å². The van der Waals surface area contributed by atoms with Crippen LogP contribution in [-0.2, 0) is 4.84 Å². The maximum Gasteiger partial charge on any atom is 0.0981 e. The van der Waals surface area contributed by atoms with E-state index in [1.165, 1.54) is 0 Å². The first-order valence-corrected chi connectivity index (χ1v) is 1.93. The van der Waals surface area contributed by atoms with Gasteiger partial charge in [-0.05, 0) is 0 Å². The second-order valence-electron chi connectivity index (χ2n) is 2.07. The van der Waals surface area contributed by atoms with Gasteiger partial charge in [0.15, 0.2) is 0 Å². The summed E-state index contributed by atoms with van der Waals surface area (Å²) in [6, 6.07) is 0. The van der Waals surface area contributed by atoms with Gasteiger partial charge in [0.1, 0.15) is 0 Å². The van der Waals surface area contributed by atoms with Gasteiger partial charge in [-0.25, -0.2) is 4.84 Å². The van der Waals surface area contributed by atoms with Crippen LogP contribution >= 0.6 is 0 Å². The zero-order valence-electron chi connectivity index (χ0n) is 5.23. The Morgan fingerprint density at radius 3 is 1.29 bits per heavy atom. The average molecular weight is 217 g/mol. The molecule has 0 aromatic heterocycles. The Bertz CT molecular complexity index is 41.4. The first-order valence-electron chi connectivity index (χ1n) is 1.93. The monoisotopic (exact) mass is 217 g/mol. The standard InChI is InChI=1S/C4H12NO.HI/c1-5(2,3)6-4;/h1-4H3;1H/q+1;/p-1. The maximum absolute atomic E-state index is 4.88. The average Bonchev–Trinajstić information content (AvgIpc) is 1.35. The predicted molar refractivity (Wildman–Crippen MR) is 25.0 cm³/mol. The van der Waals surface area contributed by atoms with Crippen LogP contribution < -0.4 is 24.0 Å². The van der Waals surface area contributed by atoms with E-state index in [0.29, 0.717) is 4.65 Å². The van der Waals surface area contributed by atoms with Crippen molar-refractivity contribution in [1.82, 2.24) is 0 Å². The van der Waals surface area contributed by atoms with E-state index in [1.807, 2.05) is 21.1 Å². The molecule has 2 nitrogen and oxygen atoms in total. The summed E-state index contributed by atoms with van der Waals surface area (Å²) >= 11 is 0. The van der Waals surface area contributed by atoms with Crippen molar-refractivity contribution in [3.8, 4) is 0 Å². The van der Waals surface area contributed by atoms with Crippen molar-refractivity contribution >= 4 is 0 Å². The predicted octanol–water partition coefficient (Wildman–Crippen LogP) is -2.74. The van der Waals surface area contributed by atoms with E-state index < -0.39 is 0 Å². The number of hydrogen-bond acceptors (Lipinski definition) is 1. The van der Waals surface area contributed by atoms with Crippen LogP contribution in [0.15, 0.2) is 0 Å². The van der Waals surface area contributed by atoms with Crippen molar-refractivity contribution in [2.24, 2.45) is 0 Å². The summed E-state index contributed by atoms with van der Waals surface area (Å²) in [5, 5.41) is 0. The van der Waals surface area contributed by atoms with Crippen LogP contribution in [0.5, 0.6) is 0 Å². The Balaban J connectivity index is 0. The number of hydroxylamine groups is 3. The van der Waals surface area contributed by atoms with E-state index in [0.717, 1.165) is 0 Å². The van der Waals surface area contributed by atoms with Gasteiger partial charge in [-0.1, -0.05) is 0 Å². The first-order chi connectivity index (χ1) is 2.56. The maximum atomic E-state index is 4.88. The van der Waals surface area contributed by atoms with Gasteiger partial charge < -0.3 is 24.0 Å². The molecule has 0 N–H and O–H groups in total. The van der Waals surface area contributed by atoms with E-state index in [9.17, 15) is 0 Å². The van der Waals surface area contributed by atoms with Gasteiger partial charge >= 0.3 is 0 Å². The van der Waals surface area contributed by atoms with Crippen LogP contribution in [-0.4, -0.2) is 32.9 Å². The number of hydrogen-bond donors (Lipinski definition) is 0. The molecule has 0 aromatic rings. The van der Waals surface area contributed by atoms with Gasteiger partial charge in [0, 0.05) is 0 Å². The zero-order valence-corrected chi connectivity index (χ0v) is 7.39. The molecule has 0 saturated heterocycles. The molecule has 0 unspecified atom stereocenters. The van der Waals surface area contributed by atoms with Crippen molar-refractivity contribution in [1.29, 1.82) is 0 Å². The SMILES string of the molecule is CO[N+](C)(C)C.[I-]. The highest BCUT2D eigenvalue weighted by Crippen LogP contribution is 1.84. The molecule has 0 fully saturated rings. The minimum Gasteiger partial charge on any atom is -1.00 e. The highest BCUT2D eigenvalue weighted by atomic mass is 127. The fourth-order valence-electron chi connectivity index (χ4n) is 0. The summed E-state index contributed by atoms with van der Waals surface area (Å²) in [4.78, 5) is 4.88. The number of nitrogens with zero attached hydrogens (tertiary/aromatic N) is 1. The third-order valence-electron chi connectivity index (χ3n) is 0.548. The molecule has 0 radical (unpaired) electrons. The molecular weight excluding hydrogens is 205 g/mol. The lowest BCUT2D eigenvalue weighted by Gasteiger charge is -2.17. The molecule has 0 heterocycles. The van der Waals surface area contributed by atoms with E-state index >= 15 is 0 Å². The third kappa shape index (κ3) is 10.8. The molecule has 46 valence electrons. The lowest BCUT2D eigenvalue weighted by Crippen LogP contribution is -3.00. The van der Waals surface area contributed by atoms with Crippen LogP contribution in [0.25, 0.3) is 0 Å². The Labute approximate surface area is 62.0 Å². The largest absolute Gasteiger partial charge is 1.00 e. The molecule has 0 aliphatic carbocycles. The minimum atomic E-state index is 0. The Hall–Kier alpha value is 0.650. The van der Waals surface area contributed by atoms with Gasteiger partial charge in [0.05, 0.1) is 28.3 Å². The topological polar surface area (TPSA) is 9.23 Å². The smallest absolute Gasteiger partial charge is 0.0981 e. The van der Waals surface area contributed by atoms with Gasteiger partial charge in [-0.2, -0.15) is 4.65 Å². The molecule has 7 heavy (non-hydrogen) atoms. The lowest BCUT2D eigenvalue weighted by molar-refractivity contribution is -1.06. The summed E-state index contributed by atoms with van der Waals surface area (Å²) in [6.45, 7) is 0. The second-order valence-corrected chi connectivity index (χ2v) is 2.07. The molecule has 0 atom stereocenters. The summed E-state index contributed by atoms with van der Waals surface area (Å²) in [7, 11) is 7.56. The van der Waals surface area contributed by atoms with Crippen molar-refractivity contribution in [3.05, 3.63) is 0 Å². The van der Waals surface area contributed by atoms with E-state index in [2.05, 4.69) is 0 Å². The van der Waals surface area contributed by atoms with Crippen LogP contribution in [0.3, 0.4) is 0 Å². The molecule has 0 aliphatic rings. The highest BCUT2D eigenvalue weighted by Gasteiger charge is 2.00. The number of quaternary nitrogens is 1. The quantitative estimate of drug-likeness (QED) is 0.263. The van der Waals surface area contributed by atoms with Crippen molar-refractivity contribution in [2.45, 2.75) is 0 Å². The fraction of sp³-hybridized carbons (Fsp3) is 1.00. The summed E-state index contributed by atoms with van der Waals surface area (Å²) in [5.74, 6) is 0. The Morgan fingerprint density at radius 1 is 1.14 bits per heavy atom. The second kappa shape index (κ2) is 3.63. The van der Waals surface area contributed by atoms with E-state index in [4.69, 9.17) is 4.84 Å². The summed E-state index contributed by atoms with van der Waals surface area (Å²) < 4.78 is 0.569. The van der Waals surface area contributed by atoms with Crippen LogP contribution in [0, 0.1) is 0 Å². The van der Waals surface area contributed by atoms with Gasteiger partial charge in [0.2, 0.25) is 0 Å². The molecule has 0 amide bonds. The molecule has 0 spiro atoms. The molecule has 0 rings (SSSR count). The van der Waals surface area contributed by atoms with E-state index in [1.54, 1.807) is 7.11 Å². The van der Waals surface area contributed by atoms with Gasteiger partial charge in [-0.3, -0.25) is 0 Å². The van der Waals surface area contributed by atoms with Crippen molar-refractivity contribution < 1.29 is 33.5 Å². The molecule has 3 heteroatoms. The van der Waals surface area contributed by atoms with E-state index in [-0.39, 0.29) is 24.0 Å². The normalized spacial score (nSPS) is 10.3. The molecular formula is C4H12INO. The molecule has 0 bridgehead atoms. The lowest BCUT2D eigenvalue weighted by atomic mass is 10.9. The highest BCUT2D eigenvalue weighted by molar-refractivity contribution is 3.78. The molecule has 0 aliphatic heterocycles.